The number of nitrogens with one attached hydrogen (secondary N) is 2. The average Bonchev–Trinajstić information content (AvgIpc) is 2.85. The van der Waals surface area contributed by atoms with Gasteiger partial charge < -0.3 is 20.3 Å². The lowest BCUT2D eigenvalue weighted by Gasteiger charge is -2.27. The van der Waals surface area contributed by atoms with Crippen molar-refractivity contribution in [3.05, 3.63) is 24.3 Å². The van der Waals surface area contributed by atoms with E-state index in [9.17, 15) is 19.2 Å². The molecule has 156 valence electrons. The van der Waals surface area contributed by atoms with Crippen LogP contribution in [0.2, 0.25) is 0 Å². The first-order valence-electron chi connectivity index (χ1n) is 10.1. The lowest BCUT2D eigenvalue weighted by Crippen LogP contribution is -2.42. The molecule has 1 aliphatic heterocycles. The van der Waals surface area contributed by atoms with Gasteiger partial charge in [0.05, 0.1) is 11.4 Å². The average molecular weight is 401 g/mol. The fraction of sp³-hybridized carbons (Fsp3) is 0.524. The van der Waals surface area contributed by atoms with Crippen LogP contribution in [0.5, 0.6) is 0 Å². The van der Waals surface area contributed by atoms with Crippen LogP contribution in [0.25, 0.3) is 0 Å². The van der Waals surface area contributed by atoms with Crippen LogP contribution < -0.4 is 15.5 Å². The summed E-state index contributed by atoms with van der Waals surface area (Å²) >= 11 is 0. The van der Waals surface area contributed by atoms with E-state index >= 15 is 0 Å². The summed E-state index contributed by atoms with van der Waals surface area (Å²) in [6.07, 6.45) is 5.05. The standard InChI is InChI=1S/C21H27N3O5/c1-14-11-18(25)23-16-9-5-6-10-17(16)24(14)19(26)13-29-20(27)12-22-21(28)15-7-3-2-4-8-15/h5-6,9-10,14-15H,2-4,7-8,11-13H2,1H3,(H,22,28)(H,23,25)/t14-/m0/s1. The van der Waals surface area contributed by atoms with Crippen LogP contribution in [-0.2, 0) is 23.9 Å². The van der Waals surface area contributed by atoms with E-state index in [0.717, 1.165) is 32.1 Å². The van der Waals surface area contributed by atoms with Crippen molar-refractivity contribution in [1.29, 1.82) is 0 Å². The Kier molecular flexibility index (Phi) is 6.85. The third kappa shape index (κ3) is 5.34. The van der Waals surface area contributed by atoms with Crippen LogP contribution in [0, 0.1) is 5.92 Å². The van der Waals surface area contributed by atoms with Crippen molar-refractivity contribution in [2.75, 3.05) is 23.4 Å². The molecule has 0 radical (unpaired) electrons. The number of rotatable bonds is 5. The Hall–Kier alpha value is -2.90. The Balaban J connectivity index is 1.53. The molecule has 1 aromatic rings. The van der Waals surface area contributed by atoms with Crippen LogP contribution >= 0.6 is 0 Å². The Bertz CT molecular complexity index is 788. The normalized spacial score (nSPS) is 19.6. The molecule has 29 heavy (non-hydrogen) atoms. The van der Waals surface area contributed by atoms with E-state index in [1.54, 1.807) is 31.2 Å². The van der Waals surface area contributed by atoms with Crippen molar-refractivity contribution in [3.63, 3.8) is 0 Å². The number of para-hydroxylation sites is 2. The van der Waals surface area contributed by atoms with Gasteiger partial charge in [0.15, 0.2) is 6.61 Å². The predicted octanol–water partition coefficient (Wildman–Crippen LogP) is 1.99. The third-order valence-corrected chi connectivity index (χ3v) is 5.37. The number of esters is 1. The largest absolute Gasteiger partial charge is 0.454 e. The summed E-state index contributed by atoms with van der Waals surface area (Å²) in [6, 6.07) is 6.62. The number of carbonyl (C=O) groups is 4. The number of amides is 3. The van der Waals surface area contributed by atoms with Gasteiger partial charge in [0, 0.05) is 18.4 Å². The van der Waals surface area contributed by atoms with Crippen molar-refractivity contribution in [1.82, 2.24) is 5.32 Å². The molecule has 0 aromatic heterocycles. The first-order chi connectivity index (χ1) is 14.0. The fourth-order valence-electron chi connectivity index (χ4n) is 3.90. The molecule has 1 heterocycles. The van der Waals surface area contributed by atoms with Crippen LogP contribution in [-0.4, -0.2) is 42.9 Å². The zero-order chi connectivity index (χ0) is 20.8. The lowest BCUT2D eigenvalue weighted by atomic mass is 9.89. The van der Waals surface area contributed by atoms with Gasteiger partial charge in [0.25, 0.3) is 5.91 Å². The topological polar surface area (TPSA) is 105 Å². The minimum atomic E-state index is -0.660. The van der Waals surface area contributed by atoms with Gasteiger partial charge in [-0.3, -0.25) is 19.2 Å². The highest BCUT2D eigenvalue weighted by Gasteiger charge is 2.30. The maximum atomic E-state index is 12.7. The SMILES string of the molecule is C[C@H]1CC(=O)Nc2ccccc2N1C(=O)COC(=O)CNC(=O)C1CCCCC1. The second-order valence-electron chi connectivity index (χ2n) is 7.60. The molecular formula is C21H27N3O5. The summed E-state index contributed by atoms with van der Waals surface area (Å²) in [6.45, 7) is 1.06. The van der Waals surface area contributed by atoms with Crippen molar-refractivity contribution in [2.24, 2.45) is 5.92 Å². The number of anilines is 2. The first kappa shape index (κ1) is 20.8. The van der Waals surface area contributed by atoms with Crippen LogP contribution in [0.15, 0.2) is 24.3 Å². The van der Waals surface area contributed by atoms with Gasteiger partial charge in [-0.2, -0.15) is 0 Å². The molecule has 8 heteroatoms. The molecule has 8 nitrogen and oxygen atoms in total. The highest BCUT2D eigenvalue weighted by atomic mass is 16.5. The van der Waals surface area contributed by atoms with E-state index in [1.807, 2.05) is 0 Å². The summed E-state index contributed by atoms with van der Waals surface area (Å²) < 4.78 is 5.08. The first-order valence-corrected chi connectivity index (χ1v) is 10.1. The van der Waals surface area contributed by atoms with E-state index in [1.165, 1.54) is 4.90 Å². The van der Waals surface area contributed by atoms with Gasteiger partial charge in [0.2, 0.25) is 11.8 Å². The highest BCUT2D eigenvalue weighted by molar-refractivity contribution is 6.05. The zero-order valence-electron chi connectivity index (χ0n) is 16.6. The van der Waals surface area contributed by atoms with E-state index in [-0.39, 0.29) is 36.7 Å². The Morgan fingerprint density at radius 1 is 1.17 bits per heavy atom. The molecule has 0 saturated heterocycles. The predicted molar refractivity (Wildman–Crippen MR) is 107 cm³/mol. The molecule has 1 aromatic carbocycles. The molecule has 0 bridgehead atoms. The van der Waals surface area contributed by atoms with Gasteiger partial charge >= 0.3 is 5.97 Å². The second-order valence-corrected chi connectivity index (χ2v) is 7.60. The maximum absolute atomic E-state index is 12.7. The Morgan fingerprint density at radius 2 is 1.90 bits per heavy atom. The molecular weight excluding hydrogens is 374 g/mol. The molecule has 1 saturated carbocycles. The smallest absolute Gasteiger partial charge is 0.325 e. The number of carbonyl (C=O) groups excluding carboxylic acids is 4. The number of ether oxygens (including phenoxy) is 1. The molecule has 3 amide bonds. The summed E-state index contributed by atoms with van der Waals surface area (Å²) in [7, 11) is 0. The molecule has 0 unspecified atom stereocenters. The molecule has 2 aliphatic rings. The van der Waals surface area contributed by atoms with E-state index in [2.05, 4.69) is 10.6 Å². The molecule has 1 fully saturated rings. The van der Waals surface area contributed by atoms with Crippen LogP contribution in [0.4, 0.5) is 11.4 Å². The molecule has 1 aliphatic carbocycles. The van der Waals surface area contributed by atoms with E-state index in [4.69, 9.17) is 4.74 Å². The number of hydrogen-bond donors (Lipinski definition) is 2. The maximum Gasteiger partial charge on any atom is 0.325 e. The fourth-order valence-corrected chi connectivity index (χ4v) is 3.90. The van der Waals surface area contributed by atoms with Crippen molar-refractivity contribution < 1.29 is 23.9 Å². The number of benzene rings is 1. The van der Waals surface area contributed by atoms with Gasteiger partial charge in [-0.25, -0.2) is 0 Å². The summed E-state index contributed by atoms with van der Waals surface area (Å²) in [5.41, 5.74) is 1.11. The molecule has 3 rings (SSSR count). The number of hydrogen-bond acceptors (Lipinski definition) is 5. The summed E-state index contributed by atoms with van der Waals surface area (Å²) in [4.78, 5) is 50.3. The van der Waals surface area contributed by atoms with Crippen molar-refractivity contribution >= 4 is 35.1 Å². The Labute approximate surface area is 170 Å². The van der Waals surface area contributed by atoms with Gasteiger partial charge in [-0.15, -0.1) is 0 Å². The van der Waals surface area contributed by atoms with Crippen molar-refractivity contribution in [2.45, 2.75) is 51.5 Å². The van der Waals surface area contributed by atoms with Gasteiger partial charge in [-0.05, 0) is 31.9 Å². The minimum absolute atomic E-state index is 0.0438. The molecule has 0 spiro atoms. The lowest BCUT2D eigenvalue weighted by molar-refractivity contribution is -0.148. The quantitative estimate of drug-likeness (QED) is 0.734. The van der Waals surface area contributed by atoms with Gasteiger partial charge in [-0.1, -0.05) is 31.4 Å². The number of nitrogens with zero attached hydrogens (tertiary/aromatic N) is 1. The minimum Gasteiger partial charge on any atom is -0.454 e. The zero-order valence-corrected chi connectivity index (χ0v) is 16.6. The highest BCUT2D eigenvalue weighted by Crippen LogP contribution is 2.31. The number of fused-ring (bicyclic) bond motifs is 1. The third-order valence-electron chi connectivity index (χ3n) is 5.37. The van der Waals surface area contributed by atoms with Crippen LogP contribution in [0.1, 0.15) is 45.4 Å². The summed E-state index contributed by atoms with van der Waals surface area (Å²) in [5, 5.41) is 5.38. The molecule has 1 atom stereocenters. The molecule has 2 N–H and O–H groups in total. The van der Waals surface area contributed by atoms with Gasteiger partial charge in [0.1, 0.15) is 6.54 Å². The van der Waals surface area contributed by atoms with Crippen LogP contribution in [0.3, 0.4) is 0 Å². The monoisotopic (exact) mass is 401 g/mol. The van der Waals surface area contributed by atoms with E-state index in [0.29, 0.717) is 11.4 Å². The Morgan fingerprint density at radius 3 is 2.66 bits per heavy atom. The second kappa shape index (κ2) is 9.54. The van der Waals surface area contributed by atoms with E-state index < -0.39 is 18.5 Å². The van der Waals surface area contributed by atoms with Crippen molar-refractivity contribution in [3.8, 4) is 0 Å². The summed E-state index contributed by atoms with van der Waals surface area (Å²) in [5.74, 6) is -1.44.